The van der Waals surface area contributed by atoms with Gasteiger partial charge in [0.1, 0.15) is 0 Å². The average Bonchev–Trinajstić information content (AvgIpc) is 3.87. The minimum atomic E-state index is -4.55. The first kappa shape index (κ1) is 40.6. The van der Waals surface area contributed by atoms with Crippen LogP contribution in [0.25, 0.3) is 109 Å². The number of para-hydroxylation sites is 2. The Bertz CT molecular complexity index is 3980. The predicted molar refractivity (Wildman–Crippen MR) is 264 cm³/mol. The number of aromatic nitrogens is 2. The quantitative estimate of drug-likeness (QED) is 0.154. The summed E-state index contributed by atoms with van der Waals surface area (Å²) >= 11 is 0. The molecule has 0 N–H and O–H groups in total. The van der Waals surface area contributed by atoms with Crippen LogP contribution in [0.3, 0.4) is 0 Å². The van der Waals surface area contributed by atoms with Crippen molar-refractivity contribution in [1.29, 1.82) is 5.26 Å². The number of hydrogen-bond acceptors (Lipinski definition) is 1. The molecule has 0 saturated heterocycles. The van der Waals surface area contributed by atoms with E-state index in [1.54, 1.807) is 31.2 Å². The number of benzene rings is 9. The molecule has 0 aliphatic heterocycles. The van der Waals surface area contributed by atoms with Crippen molar-refractivity contribution >= 4 is 55.0 Å². The Morgan fingerprint density at radius 3 is 1.69 bits per heavy atom. The molecule has 316 valence electrons. The maximum atomic E-state index is 14.4. The Hall–Kier alpha value is -9.16. The zero-order chi connectivity index (χ0) is 46.0. The number of aryl methyl sites for hydroxylation is 1. The highest BCUT2D eigenvalue weighted by molar-refractivity contribution is 6.13. The van der Waals surface area contributed by atoms with Gasteiger partial charge in [0, 0.05) is 32.8 Å². The van der Waals surface area contributed by atoms with Crippen molar-refractivity contribution in [3.05, 3.63) is 228 Å². The molecule has 0 radical (unpaired) electrons. The third-order valence-electron chi connectivity index (χ3n) is 12.6. The normalized spacial score (nSPS) is 11.5. The minimum absolute atomic E-state index is 0.370. The van der Waals surface area contributed by atoms with E-state index in [1.807, 2.05) is 103 Å². The first-order valence-electron chi connectivity index (χ1n) is 21.5. The lowest BCUT2D eigenvalue weighted by Crippen LogP contribution is -2.05. The van der Waals surface area contributed by atoms with Gasteiger partial charge >= 0.3 is 6.18 Å². The van der Waals surface area contributed by atoms with Gasteiger partial charge in [0.25, 0.3) is 0 Å². The highest BCUT2D eigenvalue weighted by Crippen LogP contribution is 2.47. The van der Waals surface area contributed by atoms with Crippen LogP contribution in [0.5, 0.6) is 0 Å². The summed E-state index contributed by atoms with van der Waals surface area (Å²) in [5.74, 6) is 0. The summed E-state index contributed by atoms with van der Waals surface area (Å²) in [6.45, 7) is 17.9. The van der Waals surface area contributed by atoms with Crippen LogP contribution < -0.4 is 0 Å². The maximum absolute atomic E-state index is 14.4. The Labute approximate surface area is 383 Å². The molecule has 8 heteroatoms. The largest absolute Gasteiger partial charge is 0.416 e. The predicted octanol–water partition coefficient (Wildman–Crippen LogP) is 16.8. The highest BCUT2D eigenvalue weighted by Gasteiger charge is 2.31. The van der Waals surface area contributed by atoms with Crippen LogP contribution in [0.4, 0.5) is 24.5 Å². The molecule has 0 atom stereocenters. The molecule has 0 aliphatic rings. The van der Waals surface area contributed by atoms with Crippen LogP contribution in [0.15, 0.2) is 188 Å². The molecule has 0 saturated carbocycles. The molecule has 0 aliphatic carbocycles. The van der Waals surface area contributed by atoms with E-state index in [9.17, 15) is 18.4 Å². The van der Waals surface area contributed by atoms with Gasteiger partial charge in [-0.25, -0.2) is 9.69 Å². The second-order valence-electron chi connectivity index (χ2n) is 16.6. The van der Waals surface area contributed by atoms with Gasteiger partial charge < -0.3 is 9.13 Å². The van der Waals surface area contributed by atoms with E-state index < -0.39 is 11.7 Å². The van der Waals surface area contributed by atoms with E-state index in [-0.39, 0.29) is 0 Å². The maximum Gasteiger partial charge on any atom is 0.416 e. The van der Waals surface area contributed by atoms with E-state index in [1.165, 1.54) is 6.07 Å². The third-order valence-corrected chi connectivity index (χ3v) is 12.6. The number of halogens is 3. The number of alkyl halides is 3. The molecule has 0 amide bonds. The van der Waals surface area contributed by atoms with Gasteiger partial charge in [-0.05, 0) is 136 Å². The fourth-order valence-corrected chi connectivity index (χ4v) is 9.66. The molecule has 11 aromatic rings. The van der Waals surface area contributed by atoms with Gasteiger partial charge in [-0.3, -0.25) is 0 Å². The van der Waals surface area contributed by atoms with Crippen LogP contribution in [-0.2, 0) is 6.18 Å². The molecular weight excluding hydrogens is 836 g/mol. The lowest BCUT2D eigenvalue weighted by molar-refractivity contribution is -0.137. The molecule has 0 bridgehead atoms. The van der Waals surface area contributed by atoms with E-state index in [4.69, 9.17) is 13.1 Å². The number of fused-ring (bicyclic) bond motifs is 6. The second-order valence-corrected chi connectivity index (χ2v) is 16.6. The fourth-order valence-electron chi connectivity index (χ4n) is 9.66. The van der Waals surface area contributed by atoms with E-state index in [0.29, 0.717) is 44.8 Å². The van der Waals surface area contributed by atoms with Gasteiger partial charge in [-0.2, -0.15) is 18.4 Å². The summed E-state index contributed by atoms with van der Waals surface area (Å²) in [5.41, 5.74) is 12.2. The summed E-state index contributed by atoms with van der Waals surface area (Å²) < 4.78 is 47.5. The molecule has 11 rings (SSSR count). The van der Waals surface area contributed by atoms with Crippen LogP contribution in [0.2, 0.25) is 0 Å². The van der Waals surface area contributed by atoms with Gasteiger partial charge in [0.2, 0.25) is 0 Å². The summed E-state index contributed by atoms with van der Waals surface area (Å²) in [6, 6.07) is 61.6. The van der Waals surface area contributed by atoms with E-state index in [2.05, 4.69) is 73.4 Å². The first-order chi connectivity index (χ1) is 32.6. The van der Waals surface area contributed by atoms with Crippen molar-refractivity contribution in [1.82, 2.24) is 9.13 Å². The molecule has 9 aromatic carbocycles. The Kier molecular flexibility index (Phi) is 9.59. The SMILES string of the molecule is [C-]#[N+]c1cccc(-c2ccc3c(c2)c2ccccc2n3-c2ccc(-c3cc(C)cc(C(F)(F)F)c3)cc2-c2c([N+]#[C-])cccc2-n2c3ccccc3c3cc(-c4cccc(C#N)c4)ccc32)c1. The van der Waals surface area contributed by atoms with E-state index >= 15 is 0 Å². The number of rotatable bonds is 6. The molecule has 2 aromatic heterocycles. The van der Waals surface area contributed by atoms with Gasteiger partial charge in [-0.1, -0.05) is 103 Å². The lowest BCUT2D eigenvalue weighted by atomic mass is 9.93. The molecule has 0 fully saturated rings. The Morgan fingerprint density at radius 1 is 0.478 bits per heavy atom. The van der Waals surface area contributed by atoms with Crippen molar-refractivity contribution in [2.75, 3.05) is 0 Å². The third kappa shape index (κ3) is 6.86. The van der Waals surface area contributed by atoms with Gasteiger partial charge in [0.15, 0.2) is 11.4 Å². The summed E-state index contributed by atoms with van der Waals surface area (Å²) in [7, 11) is 0. The van der Waals surface area contributed by atoms with Crippen molar-refractivity contribution in [2.24, 2.45) is 0 Å². The van der Waals surface area contributed by atoms with Crippen molar-refractivity contribution in [3.63, 3.8) is 0 Å². The van der Waals surface area contributed by atoms with Crippen LogP contribution in [0.1, 0.15) is 16.7 Å². The number of nitrogens with zero attached hydrogens (tertiary/aromatic N) is 5. The molecule has 5 nitrogen and oxygen atoms in total. The molecule has 67 heavy (non-hydrogen) atoms. The van der Waals surface area contributed by atoms with Crippen molar-refractivity contribution < 1.29 is 13.2 Å². The van der Waals surface area contributed by atoms with Crippen molar-refractivity contribution in [3.8, 4) is 62.0 Å². The molecule has 2 heterocycles. The smallest absolute Gasteiger partial charge is 0.310 e. The Balaban J connectivity index is 1.22. The summed E-state index contributed by atoms with van der Waals surface area (Å²) in [4.78, 5) is 7.80. The molecule has 0 unspecified atom stereocenters. The fraction of sp³-hybridized carbons (Fsp3) is 0.0339. The zero-order valence-corrected chi connectivity index (χ0v) is 35.8. The van der Waals surface area contributed by atoms with Crippen molar-refractivity contribution in [2.45, 2.75) is 13.1 Å². The summed E-state index contributed by atoms with van der Waals surface area (Å²) in [5, 5.41) is 13.6. The van der Waals surface area contributed by atoms with E-state index in [0.717, 1.165) is 83.3 Å². The first-order valence-corrected chi connectivity index (χ1v) is 21.5. The molecular formula is C59H34F3N5. The van der Waals surface area contributed by atoms with Gasteiger partial charge in [0.05, 0.1) is 58.1 Å². The van der Waals surface area contributed by atoms with Crippen LogP contribution in [0, 0.1) is 31.4 Å². The van der Waals surface area contributed by atoms with Gasteiger partial charge in [-0.15, -0.1) is 0 Å². The Morgan fingerprint density at radius 2 is 1.04 bits per heavy atom. The average molecular weight is 870 g/mol. The monoisotopic (exact) mass is 869 g/mol. The van der Waals surface area contributed by atoms with Crippen LogP contribution in [-0.4, -0.2) is 9.13 Å². The topological polar surface area (TPSA) is 42.4 Å². The standard InChI is InChI=1S/C59H34F3N5/c1-36-27-43(30-44(28-36)59(60,61)62)42-23-26-56(66-52-18-6-4-15-46(52)48-33-41(22-24-54(48)66)39-13-9-14-45(31-39)64-2)50(34-42)58-51(65-3)17-10-20-57(58)67-53-19-7-5-16-47(53)49-32-40(21-25-55(49)67)38-12-8-11-37(29-38)35-63/h4-34H,1H3. The minimum Gasteiger partial charge on any atom is -0.310 e. The lowest BCUT2D eigenvalue weighted by Gasteiger charge is -2.21. The summed E-state index contributed by atoms with van der Waals surface area (Å²) in [6.07, 6.45) is -4.55. The molecule has 0 spiro atoms. The number of hydrogen-bond donors (Lipinski definition) is 0. The second kappa shape index (κ2) is 15.8. The zero-order valence-electron chi connectivity index (χ0n) is 35.8. The highest BCUT2D eigenvalue weighted by atomic mass is 19.4. The number of nitriles is 1. The van der Waals surface area contributed by atoms with Crippen LogP contribution >= 0.6 is 0 Å².